The first-order valence-electron chi connectivity index (χ1n) is 32.7. The molecule has 6 heterocycles. The lowest BCUT2D eigenvalue weighted by Gasteiger charge is -2.38. The van der Waals surface area contributed by atoms with Crippen LogP contribution in [0.25, 0.3) is 33.5 Å². The Morgan fingerprint density at radius 3 is 1.82 bits per heavy atom. The molecule has 3 aliphatic carbocycles. The molecule has 506 valence electrons. The van der Waals surface area contributed by atoms with Gasteiger partial charge >= 0.3 is 11.9 Å². The lowest BCUT2D eigenvalue weighted by molar-refractivity contribution is -0.160. The van der Waals surface area contributed by atoms with Gasteiger partial charge in [0, 0.05) is 91.2 Å². The number of pyridine rings is 1. The number of halogens is 2. The summed E-state index contributed by atoms with van der Waals surface area (Å²) in [5.41, 5.74) is 6.13. The maximum atomic E-state index is 14.7. The summed E-state index contributed by atoms with van der Waals surface area (Å²) in [6.45, 7) is 3.60. The average Bonchev–Trinajstić information content (AvgIpc) is 1.46. The third-order valence-electron chi connectivity index (χ3n) is 17.4. The van der Waals surface area contributed by atoms with Crippen molar-refractivity contribution in [1.29, 1.82) is 15.8 Å². The van der Waals surface area contributed by atoms with Gasteiger partial charge in [0.05, 0.1) is 80.4 Å². The summed E-state index contributed by atoms with van der Waals surface area (Å²) in [5, 5.41) is 48.3. The van der Waals surface area contributed by atoms with Crippen molar-refractivity contribution in [2.24, 2.45) is 23.7 Å². The van der Waals surface area contributed by atoms with E-state index in [0.29, 0.717) is 102 Å². The summed E-state index contributed by atoms with van der Waals surface area (Å²) < 4.78 is 62.7. The van der Waals surface area contributed by atoms with Crippen LogP contribution in [0.3, 0.4) is 0 Å². The minimum absolute atomic E-state index is 0.00548. The minimum atomic E-state index is -3.30. The molecule has 22 nitrogen and oxygen atoms in total. The van der Waals surface area contributed by atoms with Crippen LogP contribution >= 0.6 is 11.3 Å². The third kappa shape index (κ3) is 18.1. The fraction of sp³-hybridized carbons (Fsp3) is 0.384. The van der Waals surface area contributed by atoms with Gasteiger partial charge in [-0.1, -0.05) is 30.3 Å². The summed E-state index contributed by atoms with van der Waals surface area (Å²) >= 11 is 1.70. The number of aliphatic hydroxyl groups is 1. The van der Waals surface area contributed by atoms with Gasteiger partial charge in [0.2, 0.25) is 23.6 Å². The second-order valence-corrected chi connectivity index (χ2v) is 25.5. The number of carbonyl (C=O) groups is 5. The Labute approximate surface area is 568 Å². The molecule has 3 saturated heterocycles. The number of alkyl halides is 2. The van der Waals surface area contributed by atoms with Crippen molar-refractivity contribution in [2.75, 3.05) is 68.7 Å². The molecule has 4 amide bonds. The van der Waals surface area contributed by atoms with Crippen LogP contribution in [0.1, 0.15) is 98.6 Å². The molecule has 98 heavy (non-hydrogen) atoms. The van der Waals surface area contributed by atoms with Crippen LogP contribution in [0.5, 0.6) is 17.2 Å². The maximum Gasteiger partial charge on any atom is 0.309 e. The monoisotopic (exact) mass is 1350 g/mol. The van der Waals surface area contributed by atoms with E-state index in [1.807, 2.05) is 60.0 Å². The highest BCUT2D eigenvalue weighted by Crippen LogP contribution is 2.50. The van der Waals surface area contributed by atoms with E-state index in [1.165, 1.54) is 17.3 Å². The Bertz CT molecular complexity index is 4160. The van der Waals surface area contributed by atoms with Gasteiger partial charge in [-0.2, -0.15) is 15.8 Å². The fourth-order valence-corrected chi connectivity index (χ4v) is 12.6. The third-order valence-corrected chi connectivity index (χ3v) is 18.4. The van der Waals surface area contributed by atoms with E-state index in [9.17, 15) is 48.5 Å². The molecular weight excluding hydrogens is 1280 g/mol. The summed E-state index contributed by atoms with van der Waals surface area (Å²) in [4.78, 5) is 75.7. The van der Waals surface area contributed by atoms with Crippen molar-refractivity contribution in [3.63, 3.8) is 0 Å². The highest BCUT2D eigenvalue weighted by atomic mass is 32.1. The Morgan fingerprint density at radius 2 is 1.22 bits per heavy atom. The quantitative estimate of drug-likeness (QED) is 0.0515. The molecule has 3 saturated carbocycles. The molecular formula is C73H72F2N10O12S. The zero-order valence-corrected chi connectivity index (χ0v) is 54.5. The second kappa shape index (κ2) is 32.2. The molecule has 7 aromatic rings. The first kappa shape index (κ1) is 69.1. The number of rotatable bonds is 20. The van der Waals surface area contributed by atoms with Gasteiger partial charge in [0.15, 0.2) is 6.10 Å². The predicted molar refractivity (Wildman–Crippen MR) is 356 cm³/mol. The molecule has 6 aliphatic rings. The number of piperidine rings is 1. The lowest BCUT2D eigenvalue weighted by Crippen LogP contribution is -2.55. The van der Waals surface area contributed by atoms with Gasteiger partial charge in [-0.3, -0.25) is 24.0 Å². The minimum Gasteiger partial charge on any atom is -0.489 e. The van der Waals surface area contributed by atoms with Crippen LogP contribution in [-0.4, -0.2) is 132 Å². The summed E-state index contributed by atoms with van der Waals surface area (Å²) in [6, 6.07) is 38.7. The number of thiophene rings is 1. The molecule has 0 unspecified atom stereocenters. The number of hydrogen-bond acceptors (Lipinski definition) is 19. The van der Waals surface area contributed by atoms with Crippen LogP contribution in [-0.2, 0) is 38.2 Å². The summed E-state index contributed by atoms with van der Waals surface area (Å²) in [5.74, 6) is -2.83. The van der Waals surface area contributed by atoms with Crippen molar-refractivity contribution in [1.82, 2.24) is 19.9 Å². The van der Waals surface area contributed by atoms with Gasteiger partial charge in [-0.15, -0.1) is 11.3 Å². The number of amides is 4. The number of benzene rings is 4. The van der Waals surface area contributed by atoms with Gasteiger partial charge < -0.3 is 54.4 Å². The van der Waals surface area contributed by atoms with E-state index in [4.69, 9.17) is 33.5 Å². The number of aliphatic hydroxyl groups excluding tert-OH is 1. The van der Waals surface area contributed by atoms with Crippen LogP contribution in [0.2, 0.25) is 0 Å². The van der Waals surface area contributed by atoms with Crippen molar-refractivity contribution < 1.29 is 66.3 Å². The number of esters is 1. The summed E-state index contributed by atoms with van der Waals surface area (Å²) in [7, 11) is 0. The van der Waals surface area contributed by atoms with Crippen molar-refractivity contribution in [3.8, 4) is 69.0 Å². The first-order valence-corrected chi connectivity index (χ1v) is 33.5. The number of nitrogens with zero attached hydrogens (tertiary/aromatic N) is 7. The van der Waals surface area contributed by atoms with E-state index in [0.717, 1.165) is 66.5 Å². The Kier molecular flexibility index (Phi) is 22.7. The number of carbonyl (C=O) groups excluding carboxylic acids is 5. The van der Waals surface area contributed by atoms with Crippen LogP contribution in [0.15, 0.2) is 127 Å². The topological polar surface area (TPSA) is 310 Å². The van der Waals surface area contributed by atoms with E-state index in [1.54, 1.807) is 73.0 Å². The number of ether oxygens (including phenoxy) is 6. The number of likely N-dealkylation sites (tertiary alicyclic amines) is 1. The number of nitrogens with one attached hydrogen (secondary N) is 3. The Morgan fingerprint density at radius 1 is 0.633 bits per heavy atom. The average molecular weight is 1350 g/mol. The Hall–Kier alpha value is -10.2. The number of nitriles is 3. The SMILES string of the molecule is CCOC(=O)[C@@H]1C[C@H]1C(=O)Nc1cc(-c2ccc(OC3CCOCC3)c(C#N)c2)ncn1.N#Cc1cc(-c2cccc(NC(=O)C3CC3)c2)ccc1O[C@H]1CCN(C(=O)CCO)CC1(F)F.N#Cc1cc(-c2ccnc(NC(=O)[C@@H]3C[C@H]3c3cccs3)c2)ccc1OC1CCOCC1. The van der Waals surface area contributed by atoms with E-state index < -0.39 is 42.9 Å². The van der Waals surface area contributed by atoms with Crippen molar-refractivity contribution in [2.45, 2.75) is 101 Å². The smallest absolute Gasteiger partial charge is 0.309 e. The molecule has 0 bridgehead atoms. The van der Waals surface area contributed by atoms with E-state index in [-0.39, 0.29) is 78.4 Å². The highest BCUT2D eigenvalue weighted by molar-refractivity contribution is 7.10. The van der Waals surface area contributed by atoms with Crippen LogP contribution in [0.4, 0.5) is 26.1 Å². The normalized spacial score (nSPS) is 19.9. The van der Waals surface area contributed by atoms with Gasteiger partial charge in [-0.25, -0.2) is 23.7 Å². The molecule has 0 spiro atoms. The largest absolute Gasteiger partial charge is 0.489 e. The molecule has 0 radical (unpaired) electrons. The van der Waals surface area contributed by atoms with E-state index >= 15 is 0 Å². The first-order chi connectivity index (χ1) is 47.6. The van der Waals surface area contributed by atoms with Crippen LogP contribution < -0.4 is 30.2 Å². The number of hydrogen-bond donors (Lipinski definition) is 4. The van der Waals surface area contributed by atoms with Gasteiger partial charge in [0.25, 0.3) is 0 Å². The number of anilines is 3. The number of aromatic nitrogens is 3. The molecule has 3 aliphatic heterocycles. The maximum absolute atomic E-state index is 14.7. The molecule has 4 aromatic carbocycles. The van der Waals surface area contributed by atoms with Gasteiger partial charge in [-0.05, 0) is 133 Å². The van der Waals surface area contributed by atoms with Crippen molar-refractivity contribution >= 4 is 58.3 Å². The highest BCUT2D eigenvalue weighted by Gasteiger charge is 2.50. The molecule has 6 fully saturated rings. The Balaban J connectivity index is 0.000000149. The predicted octanol–water partition coefficient (Wildman–Crippen LogP) is 11.3. The molecule has 3 aromatic heterocycles. The van der Waals surface area contributed by atoms with E-state index in [2.05, 4.69) is 49.1 Å². The molecule has 25 heteroatoms. The zero-order chi connectivity index (χ0) is 68.7. The molecule has 5 atom stereocenters. The fourth-order valence-electron chi connectivity index (χ4n) is 11.7. The summed E-state index contributed by atoms with van der Waals surface area (Å²) in [6.07, 6.45) is 7.73. The molecule has 13 rings (SSSR count). The van der Waals surface area contributed by atoms with Crippen molar-refractivity contribution in [3.05, 3.63) is 149 Å². The molecule has 4 N–H and O–H groups in total. The van der Waals surface area contributed by atoms with Crippen LogP contribution in [0, 0.1) is 57.7 Å². The standard InChI is InChI=1S/C25H25F2N3O4.C25H23N3O3S.C23H24N4O5/c26-25(27)15-30(23(32)9-11-31)10-8-22(25)34-21-7-6-18(12-19(21)14-28)17-2-1-3-20(13-17)29-24(33)16-4-5-16;26-15-18-12-16(3-4-22(18)31-19-6-9-30-10-7-19)17-5-8-27-24(13-17)28-25(29)21-14-20(21)23-2-1-11-32-23;1-2-31-23(29)18-10-17(18)22(28)27-21-11-19(25-13-26-21)14-3-4-20(15(9-14)12-24)32-16-5-7-30-8-6-16/h1-3,6-7,12-13,16,22,31H,4-5,8-11,15H2,(H,29,33);1-5,8,11-13,19-21H,6-7,9-10,14H2,(H,27,28,29);3-4,9,11,13,16-18H,2,5-8,10H2,1H3,(H,25,26,27,28)/t22-;20-,21-;17-,18-/m011/s1. The van der Waals surface area contributed by atoms with Gasteiger partial charge in [0.1, 0.15) is 65.6 Å². The second-order valence-electron chi connectivity index (χ2n) is 24.5. The lowest BCUT2D eigenvalue weighted by atomic mass is 10.0. The zero-order valence-electron chi connectivity index (χ0n) is 53.7.